The molecule has 0 fully saturated rings. The number of nitrogens with zero attached hydrogens (tertiary/aromatic N) is 1. The van der Waals surface area contributed by atoms with Crippen molar-refractivity contribution in [3.8, 4) is 5.75 Å². The number of hydrazone groups is 1. The van der Waals surface area contributed by atoms with Crippen LogP contribution in [0.2, 0.25) is 5.02 Å². The van der Waals surface area contributed by atoms with Crippen molar-refractivity contribution in [2.45, 2.75) is 6.92 Å². The molecule has 1 heterocycles. The van der Waals surface area contributed by atoms with Gasteiger partial charge < -0.3 is 4.74 Å². The lowest BCUT2D eigenvalue weighted by atomic mass is 10.2. The number of rotatable bonds is 4. The first kappa shape index (κ1) is 17.9. The fraction of sp³-hybridized carbons (Fsp3) is 0.111. The number of nitrogens with one attached hydrogen (secondary N) is 1. The van der Waals surface area contributed by atoms with Gasteiger partial charge in [0.15, 0.2) is 0 Å². The van der Waals surface area contributed by atoms with Gasteiger partial charge in [-0.2, -0.15) is 5.10 Å². The van der Waals surface area contributed by atoms with Crippen molar-refractivity contribution < 1.29 is 9.53 Å². The van der Waals surface area contributed by atoms with E-state index < -0.39 is 0 Å². The first-order valence-electron chi connectivity index (χ1n) is 7.35. The van der Waals surface area contributed by atoms with Gasteiger partial charge in [-0.05, 0) is 36.8 Å². The van der Waals surface area contributed by atoms with Crippen LogP contribution in [0.5, 0.6) is 5.75 Å². The molecule has 0 spiro atoms. The molecule has 0 aliphatic rings. The highest BCUT2D eigenvalue weighted by Gasteiger charge is 2.16. The Morgan fingerprint density at radius 2 is 2.12 bits per heavy atom. The van der Waals surface area contributed by atoms with Crippen molar-refractivity contribution in [2.75, 3.05) is 7.11 Å². The number of carbonyl (C=O) groups is 1. The highest BCUT2D eigenvalue weighted by atomic mass is 79.9. The van der Waals surface area contributed by atoms with E-state index in [1.165, 1.54) is 17.6 Å². The second-order valence-corrected chi connectivity index (χ2v) is 7.68. The molecule has 1 amide bonds. The molecule has 1 N–H and O–H groups in total. The molecule has 0 aliphatic heterocycles. The van der Waals surface area contributed by atoms with E-state index in [2.05, 4.69) is 26.5 Å². The number of aryl methyl sites for hydroxylation is 1. The van der Waals surface area contributed by atoms with E-state index in [-0.39, 0.29) is 5.91 Å². The SMILES string of the molecule is COc1ccc(Br)cc1C=NNC(=O)c1sc2cc(C)ccc2c1Cl. The lowest BCUT2D eigenvalue weighted by Gasteiger charge is -2.04. The van der Waals surface area contributed by atoms with Crippen LogP contribution in [0.25, 0.3) is 10.1 Å². The van der Waals surface area contributed by atoms with Gasteiger partial charge in [-0.25, -0.2) is 5.43 Å². The summed E-state index contributed by atoms with van der Waals surface area (Å²) < 4.78 is 7.14. The molecule has 2 aromatic carbocycles. The summed E-state index contributed by atoms with van der Waals surface area (Å²) in [5, 5.41) is 5.35. The van der Waals surface area contributed by atoms with E-state index in [1.54, 1.807) is 7.11 Å². The quantitative estimate of drug-likeness (QED) is 0.439. The number of hydrogen-bond donors (Lipinski definition) is 1. The standard InChI is InChI=1S/C18H14BrClN2O2S/c1-10-3-5-13-15(7-10)25-17(16(13)20)18(23)22-21-9-11-8-12(19)4-6-14(11)24-2/h3-9H,1-2H3,(H,22,23). The largest absolute Gasteiger partial charge is 0.496 e. The minimum Gasteiger partial charge on any atom is -0.496 e. The summed E-state index contributed by atoms with van der Waals surface area (Å²) in [6, 6.07) is 11.4. The van der Waals surface area contributed by atoms with Gasteiger partial charge in [-0.3, -0.25) is 4.79 Å². The number of carbonyl (C=O) groups excluding carboxylic acids is 1. The summed E-state index contributed by atoms with van der Waals surface area (Å²) in [4.78, 5) is 12.8. The molecule has 3 rings (SSSR count). The van der Waals surface area contributed by atoms with Gasteiger partial charge in [0, 0.05) is 20.1 Å². The topological polar surface area (TPSA) is 50.7 Å². The number of halogens is 2. The van der Waals surface area contributed by atoms with Crippen LogP contribution < -0.4 is 10.2 Å². The molecule has 7 heteroatoms. The Morgan fingerprint density at radius 3 is 2.88 bits per heavy atom. The maximum absolute atomic E-state index is 12.4. The Balaban J connectivity index is 1.81. The van der Waals surface area contributed by atoms with Crippen LogP contribution in [0.1, 0.15) is 20.8 Å². The first-order valence-corrected chi connectivity index (χ1v) is 9.34. The molecule has 0 radical (unpaired) electrons. The summed E-state index contributed by atoms with van der Waals surface area (Å²) >= 11 is 11.1. The van der Waals surface area contributed by atoms with Crippen LogP contribution in [0.3, 0.4) is 0 Å². The van der Waals surface area contributed by atoms with E-state index in [4.69, 9.17) is 16.3 Å². The lowest BCUT2D eigenvalue weighted by Crippen LogP contribution is -2.16. The molecule has 0 saturated carbocycles. The van der Waals surface area contributed by atoms with Gasteiger partial charge in [-0.15, -0.1) is 11.3 Å². The van der Waals surface area contributed by atoms with E-state index in [0.717, 1.165) is 25.7 Å². The third-order valence-corrected chi connectivity index (χ3v) is 5.70. The zero-order valence-corrected chi connectivity index (χ0v) is 16.6. The number of fused-ring (bicyclic) bond motifs is 1. The predicted molar refractivity (Wildman–Crippen MR) is 107 cm³/mol. The average Bonchev–Trinajstić information content (AvgIpc) is 2.91. The molecule has 0 unspecified atom stereocenters. The second kappa shape index (κ2) is 7.56. The van der Waals surface area contributed by atoms with Gasteiger partial charge in [-0.1, -0.05) is 39.7 Å². The van der Waals surface area contributed by atoms with Crippen molar-refractivity contribution >= 4 is 61.1 Å². The van der Waals surface area contributed by atoms with E-state index >= 15 is 0 Å². The molecule has 128 valence electrons. The molecule has 0 atom stereocenters. The van der Waals surface area contributed by atoms with E-state index in [9.17, 15) is 4.79 Å². The molecule has 0 bridgehead atoms. The van der Waals surface area contributed by atoms with Crippen molar-refractivity contribution in [3.05, 3.63) is 61.9 Å². The maximum atomic E-state index is 12.4. The third kappa shape index (κ3) is 3.86. The average molecular weight is 438 g/mol. The van der Waals surface area contributed by atoms with Crippen LogP contribution >= 0.6 is 38.9 Å². The summed E-state index contributed by atoms with van der Waals surface area (Å²) in [6.45, 7) is 2.00. The van der Waals surface area contributed by atoms with Crippen molar-refractivity contribution in [1.82, 2.24) is 5.43 Å². The van der Waals surface area contributed by atoms with Gasteiger partial charge in [0.25, 0.3) is 5.91 Å². The lowest BCUT2D eigenvalue weighted by molar-refractivity contribution is 0.0959. The normalized spacial score (nSPS) is 11.2. The van der Waals surface area contributed by atoms with Crippen molar-refractivity contribution in [2.24, 2.45) is 5.10 Å². The highest BCUT2D eigenvalue weighted by Crippen LogP contribution is 2.35. The van der Waals surface area contributed by atoms with Gasteiger partial charge >= 0.3 is 0 Å². The number of hydrogen-bond acceptors (Lipinski definition) is 4. The molecule has 1 aromatic heterocycles. The molecule has 0 aliphatic carbocycles. The monoisotopic (exact) mass is 436 g/mol. The Hall–Kier alpha value is -1.89. The predicted octanol–water partition coefficient (Wildman–Crippen LogP) is 5.40. The number of amides is 1. The molecule has 25 heavy (non-hydrogen) atoms. The van der Waals surface area contributed by atoms with E-state index in [1.807, 2.05) is 43.3 Å². The third-order valence-electron chi connectivity index (χ3n) is 3.55. The van der Waals surface area contributed by atoms with Crippen molar-refractivity contribution in [1.29, 1.82) is 0 Å². The van der Waals surface area contributed by atoms with Gasteiger partial charge in [0.1, 0.15) is 10.6 Å². The number of benzene rings is 2. The van der Waals surface area contributed by atoms with Crippen molar-refractivity contribution in [3.63, 3.8) is 0 Å². The number of methoxy groups -OCH3 is 1. The van der Waals surface area contributed by atoms with Gasteiger partial charge in [0.05, 0.1) is 18.3 Å². The fourth-order valence-corrected chi connectivity index (χ4v) is 4.22. The van der Waals surface area contributed by atoms with Crippen LogP contribution in [-0.2, 0) is 0 Å². The minimum absolute atomic E-state index is 0.339. The Morgan fingerprint density at radius 1 is 1.32 bits per heavy atom. The maximum Gasteiger partial charge on any atom is 0.283 e. The Kier molecular flexibility index (Phi) is 5.42. The highest BCUT2D eigenvalue weighted by molar-refractivity contribution is 9.10. The zero-order chi connectivity index (χ0) is 18.0. The molecule has 4 nitrogen and oxygen atoms in total. The molecule has 0 saturated heterocycles. The van der Waals surface area contributed by atoms with E-state index in [0.29, 0.717) is 15.6 Å². The van der Waals surface area contributed by atoms with Crippen LogP contribution in [0.15, 0.2) is 46.0 Å². The summed E-state index contributed by atoms with van der Waals surface area (Å²) in [5.41, 5.74) is 4.39. The summed E-state index contributed by atoms with van der Waals surface area (Å²) in [5.74, 6) is 0.325. The molecular weight excluding hydrogens is 424 g/mol. The Bertz CT molecular complexity index is 985. The second-order valence-electron chi connectivity index (χ2n) is 5.33. The first-order chi connectivity index (χ1) is 12.0. The van der Waals surface area contributed by atoms with Crippen LogP contribution in [-0.4, -0.2) is 19.2 Å². The minimum atomic E-state index is -0.339. The fourth-order valence-electron chi connectivity index (χ4n) is 2.34. The van der Waals surface area contributed by atoms with Crippen LogP contribution in [0.4, 0.5) is 0 Å². The zero-order valence-electron chi connectivity index (χ0n) is 13.5. The molecular formula is C18H14BrClN2O2S. The van der Waals surface area contributed by atoms with Crippen LogP contribution in [0, 0.1) is 6.92 Å². The smallest absolute Gasteiger partial charge is 0.283 e. The van der Waals surface area contributed by atoms with Gasteiger partial charge in [0.2, 0.25) is 0 Å². The Labute approximate surface area is 162 Å². The number of thiophene rings is 1. The summed E-state index contributed by atoms with van der Waals surface area (Å²) in [6.07, 6.45) is 1.53. The summed E-state index contributed by atoms with van der Waals surface area (Å²) in [7, 11) is 1.58. The number of ether oxygens (including phenoxy) is 1. The molecule has 3 aromatic rings.